The van der Waals surface area contributed by atoms with Gasteiger partial charge in [0.2, 0.25) is 0 Å². The molecule has 10 heteroatoms. The monoisotopic (exact) mass is 703 g/mol. The van der Waals surface area contributed by atoms with Crippen LogP contribution in [0.2, 0.25) is 0 Å². The molecule has 10 nitrogen and oxygen atoms in total. The van der Waals surface area contributed by atoms with Crippen LogP contribution in [0.25, 0.3) is 0 Å². The van der Waals surface area contributed by atoms with E-state index in [-0.39, 0.29) is 32.0 Å². The zero-order chi connectivity index (χ0) is 36.0. The second kappa shape index (κ2) is 31.4. The van der Waals surface area contributed by atoms with Gasteiger partial charge in [-0.15, -0.1) is 0 Å². The molecule has 1 aliphatic heterocycles. The number of unbranched alkanes of at least 4 members (excludes halogenated alkanes) is 22. The molecule has 6 atom stereocenters. The van der Waals surface area contributed by atoms with E-state index in [0.29, 0.717) is 6.42 Å². The van der Waals surface area contributed by atoms with Gasteiger partial charge in [-0.3, -0.25) is 9.59 Å². The molecule has 0 aromatic carbocycles. The zero-order valence-corrected chi connectivity index (χ0v) is 31.2. The van der Waals surface area contributed by atoms with Crippen molar-refractivity contribution < 1.29 is 49.0 Å². The summed E-state index contributed by atoms with van der Waals surface area (Å²) in [5, 5.41) is 39.9. The average Bonchev–Trinajstić information content (AvgIpc) is 3.10. The van der Waals surface area contributed by atoms with Crippen molar-refractivity contribution in [2.24, 2.45) is 0 Å². The van der Waals surface area contributed by atoms with E-state index < -0.39 is 49.4 Å². The third-order valence-corrected chi connectivity index (χ3v) is 9.49. The second-order valence-electron chi connectivity index (χ2n) is 14.1. The predicted octanol–water partition coefficient (Wildman–Crippen LogP) is 7.44. The van der Waals surface area contributed by atoms with Crippen LogP contribution in [0.3, 0.4) is 0 Å². The SMILES string of the molecule is CCCCCCCCCCCCCCCC(=O)OC[C@H](CO[C@@H]1O[C@@H](CO)[C@H](O)[C@H](O)[C@@H]1O)OC(=O)CCCCCCCCCCCCC. The zero-order valence-electron chi connectivity index (χ0n) is 31.2. The summed E-state index contributed by atoms with van der Waals surface area (Å²) in [6.45, 7) is 3.41. The van der Waals surface area contributed by atoms with Crippen LogP contribution in [0.1, 0.15) is 181 Å². The number of aliphatic hydroxyl groups excluding tert-OH is 4. The molecule has 0 saturated carbocycles. The largest absolute Gasteiger partial charge is 0.462 e. The van der Waals surface area contributed by atoms with E-state index in [1.54, 1.807) is 0 Å². The highest BCUT2D eigenvalue weighted by Gasteiger charge is 2.44. The highest BCUT2D eigenvalue weighted by molar-refractivity contribution is 5.70. The Hall–Kier alpha value is -1.30. The minimum Gasteiger partial charge on any atom is -0.462 e. The first-order valence-electron chi connectivity index (χ1n) is 20.1. The van der Waals surface area contributed by atoms with Crippen molar-refractivity contribution in [1.29, 1.82) is 0 Å². The van der Waals surface area contributed by atoms with Gasteiger partial charge in [-0.2, -0.15) is 0 Å². The van der Waals surface area contributed by atoms with E-state index in [1.807, 2.05) is 0 Å². The molecule has 4 N–H and O–H groups in total. The Morgan fingerprint density at radius 1 is 0.551 bits per heavy atom. The van der Waals surface area contributed by atoms with Gasteiger partial charge in [-0.25, -0.2) is 0 Å². The number of carbonyl (C=O) groups excluding carboxylic acids is 2. The molecule has 0 bridgehead atoms. The smallest absolute Gasteiger partial charge is 0.306 e. The molecule has 49 heavy (non-hydrogen) atoms. The summed E-state index contributed by atoms with van der Waals surface area (Å²) in [6, 6.07) is 0. The summed E-state index contributed by atoms with van der Waals surface area (Å²) in [5.74, 6) is -0.798. The van der Waals surface area contributed by atoms with Gasteiger partial charge in [0.25, 0.3) is 0 Å². The van der Waals surface area contributed by atoms with Gasteiger partial charge in [0, 0.05) is 12.8 Å². The fraction of sp³-hybridized carbons (Fsp3) is 0.949. The molecule has 0 aromatic rings. The fourth-order valence-corrected chi connectivity index (χ4v) is 6.25. The van der Waals surface area contributed by atoms with E-state index in [2.05, 4.69) is 13.8 Å². The molecule has 0 unspecified atom stereocenters. The number of ether oxygens (including phenoxy) is 4. The molecule has 1 fully saturated rings. The van der Waals surface area contributed by atoms with Gasteiger partial charge in [0.05, 0.1) is 13.2 Å². The second-order valence-corrected chi connectivity index (χ2v) is 14.1. The van der Waals surface area contributed by atoms with Gasteiger partial charge in [-0.05, 0) is 12.8 Å². The maximum absolute atomic E-state index is 12.7. The Kier molecular flexibility index (Phi) is 29.3. The van der Waals surface area contributed by atoms with E-state index in [9.17, 15) is 30.0 Å². The summed E-state index contributed by atoms with van der Waals surface area (Å²) >= 11 is 0. The molecule has 0 aromatic heterocycles. The van der Waals surface area contributed by atoms with Crippen molar-refractivity contribution in [2.45, 2.75) is 218 Å². The van der Waals surface area contributed by atoms with Crippen LogP contribution in [-0.4, -0.2) is 89.0 Å². The van der Waals surface area contributed by atoms with Gasteiger partial charge < -0.3 is 39.4 Å². The molecule has 0 radical (unpaired) electrons. The summed E-state index contributed by atoms with van der Waals surface area (Å²) in [6.07, 6.45) is 21.1. The van der Waals surface area contributed by atoms with Gasteiger partial charge >= 0.3 is 11.9 Å². The molecule has 1 rings (SSSR count). The Bertz CT molecular complexity index is 779. The summed E-state index contributed by atoms with van der Waals surface area (Å²) in [7, 11) is 0. The summed E-state index contributed by atoms with van der Waals surface area (Å²) < 4.78 is 22.1. The molecule has 1 saturated heterocycles. The highest BCUT2D eigenvalue weighted by Crippen LogP contribution is 2.22. The quantitative estimate of drug-likeness (QED) is 0.0401. The maximum atomic E-state index is 12.7. The van der Waals surface area contributed by atoms with Crippen LogP contribution in [-0.2, 0) is 28.5 Å². The van der Waals surface area contributed by atoms with E-state index in [0.717, 1.165) is 38.5 Å². The first kappa shape index (κ1) is 45.7. The lowest BCUT2D eigenvalue weighted by molar-refractivity contribution is -0.305. The molecular weight excluding hydrogens is 628 g/mol. The molecule has 1 aliphatic rings. The minimum absolute atomic E-state index is 0.210. The molecule has 290 valence electrons. The van der Waals surface area contributed by atoms with Crippen LogP contribution < -0.4 is 0 Å². The Morgan fingerprint density at radius 3 is 1.39 bits per heavy atom. The Balaban J connectivity index is 2.37. The number of hydrogen-bond acceptors (Lipinski definition) is 10. The maximum Gasteiger partial charge on any atom is 0.306 e. The lowest BCUT2D eigenvalue weighted by Crippen LogP contribution is -2.59. The van der Waals surface area contributed by atoms with Crippen molar-refractivity contribution in [3.05, 3.63) is 0 Å². The predicted molar refractivity (Wildman–Crippen MR) is 192 cm³/mol. The van der Waals surface area contributed by atoms with Crippen LogP contribution in [0.4, 0.5) is 0 Å². The number of aliphatic hydroxyl groups is 4. The third-order valence-electron chi connectivity index (χ3n) is 9.49. The third kappa shape index (κ3) is 23.7. The Labute approximate surface area is 298 Å². The van der Waals surface area contributed by atoms with Gasteiger partial charge in [0.1, 0.15) is 31.0 Å². The number of rotatable bonds is 33. The standard InChI is InChI=1S/C39H74O10/c1-3-5-7-9-11-13-15-16-18-19-21-23-25-27-34(41)46-30-32(31-47-39-38(45)37(44)36(43)33(29-40)49-39)48-35(42)28-26-24-22-20-17-14-12-10-8-6-4-2/h32-33,36-40,43-45H,3-31H2,1-2H3/t32-,33+,36+,37+,38+,39-/m1/s1. The van der Waals surface area contributed by atoms with E-state index in [1.165, 1.54) is 109 Å². The van der Waals surface area contributed by atoms with Crippen molar-refractivity contribution in [2.75, 3.05) is 19.8 Å². The molecule has 0 amide bonds. The fourth-order valence-electron chi connectivity index (χ4n) is 6.25. The van der Waals surface area contributed by atoms with E-state index in [4.69, 9.17) is 18.9 Å². The van der Waals surface area contributed by atoms with Gasteiger partial charge in [0.15, 0.2) is 12.4 Å². The minimum atomic E-state index is -1.59. The summed E-state index contributed by atoms with van der Waals surface area (Å²) in [4.78, 5) is 25.2. The Morgan fingerprint density at radius 2 is 0.959 bits per heavy atom. The highest BCUT2D eigenvalue weighted by atomic mass is 16.7. The van der Waals surface area contributed by atoms with E-state index >= 15 is 0 Å². The molecule has 1 heterocycles. The van der Waals surface area contributed by atoms with Crippen LogP contribution in [0.15, 0.2) is 0 Å². The molecule has 0 spiro atoms. The normalized spacial score (nSPS) is 21.5. The average molecular weight is 703 g/mol. The van der Waals surface area contributed by atoms with Crippen LogP contribution in [0, 0.1) is 0 Å². The van der Waals surface area contributed by atoms with Crippen LogP contribution in [0.5, 0.6) is 0 Å². The van der Waals surface area contributed by atoms with Crippen molar-refractivity contribution in [1.82, 2.24) is 0 Å². The molecule has 0 aliphatic carbocycles. The van der Waals surface area contributed by atoms with Crippen molar-refractivity contribution in [3.8, 4) is 0 Å². The lowest BCUT2D eigenvalue weighted by Gasteiger charge is -2.39. The lowest BCUT2D eigenvalue weighted by atomic mass is 9.99. The summed E-state index contributed by atoms with van der Waals surface area (Å²) in [5.41, 5.74) is 0. The number of hydrogen-bond donors (Lipinski definition) is 4. The first-order chi connectivity index (χ1) is 23.8. The van der Waals surface area contributed by atoms with Crippen LogP contribution >= 0.6 is 0 Å². The van der Waals surface area contributed by atoms with Crippen molar-refractivity contribution in [3.63, 3.8) is 0 Å². The first-order valence-corrected chi connectivity index (χ1v) is 20.1. The molecular formula is C39H74O10. The number of esters is 2. The van der Waals surface area contributed by atoms with Crippen molar-refractivity contribution >= 4 is 11.9 Å². The van der Waals surface area contributed by atoms with Gasteiger partial charge in [-0.1, -0.05) is 155 Å². The topological polar surface area (TPSA) is 152 Å². The number of carbonyl (C=O) groups is 2.